The predicted molar refractivity (Wildman–Crippen MR) is 90.6 cm³/mol. The van der Waals surface area contributed by atoms with Gasteiger partial charge in [-0.2, -0.15) is 0 Å². The Hall–Kier alpha value is -1.99. The number of amides is 2. The van der Waals surface area contributed by atoms with E-state index in [2.05, 4.69) is 29.4 Å². The van der Waals surface area contributed by atoms with Crippen molar-refractivity contribution in [1.82, 2.24) is 10.2 Å². The summed E-state index contributed by atoms with van der Waals surface area (Å²) in [4.78, 5) is 14.4. The van der Waals surface area contributed by atoms with Crippen LogP contribution in [0.25, 0.3) is 0 Å². The van der Waals surface area contributed by atoms with Crippen molar-refractivity contribution in [2.75, 3.05) is 44.9 Å². The Kier molecular flexibility index (Phi) is 5.42. The number of anilines is 1. The van der Waals surface area contributed by atoms with Crippen molar-refractivity contribution >= 4 is 11.7 Å². The number of fused-ring (bicyclic) bond motifs is 1. The summed E-state index contributed by atoms with van der Waals surface area (Å²) >= 11 is 0. The van der Waals surface area contributed by atoms with Crippen molar-refractivity contribution in [3.63, 3.8) is 0 Å². The van der Waals surface area contributed by atoms with E-state index in [1.54, 1.807) is 18.2 Å². The van der Waals surface area contributed by atoms with Crippen molar-refractivity contribution in [2.45, 2.75) is 20.0 Å². The third-order valence-corrected chi connectivity index (χ3v) is 3.97. The van der Waals surface area contributed by atoms with Gasteiger partial charge in [0.1, 0.15) is 0 Å². The number of hydrogen-bond acceptors (Lipinski definition) is 5. The quantitative estimate of drug-likeness (QED) is 0.860. The van der Waals surface area contributed by atoms with Gasteiger partial charge in [0, 0.05) is 37.9 Å². The van der Waals surface area contributed by atoms with Crippen LogP contribution in [0.5, 0.6) is 11.5 Å². The number of ether oxygens (including phenoxy) is 3. The molecule has 0 aliphatic carbocycles. The highest BCUT2D eigenvalue weighted by atomic mass is 16.7. The molecule has 24 heavy (non-hydrogen) atoms. The van der Waals surface area contributed by atoms with Gasteiger partial charge in [0.2, 0.25) is 6.79 Å². The van der Waals surface area contributed by atoms with Crippen LogP contribution >= 0.6 is 0 Å². The van der Waals surface area contributed by atoms with E-state index in [4.69, 9.17) is 14.2 Å². The van der Waals surface area contributed by atoms with E-state index in [0.717, 1.165) is 19.6 Å². The maximum absolute atomic E-state index is 12.1. The molecule has 0 spiro atoms. The minimum atomic E-state index is -0.251. The monoisotopic (exact) mass is 335 g/mol. The van der Waals surface area contributed by atoms with Crippen LogP contribution in [0, 0.1) is 5.92 Å². The van der Waals surface area contributed by atoms with Gasteiger partial charge in [0.05, 0.1) is 12.7 Å². The molecule has 7 heteroatoms. The van der Waals surface area contributed by atoms with E-state index in [0.29, 0.717) is 36.3 Å². The lowest BCUT2D eigenvalue weighted by Crippen LogP contribution is -2.48. The minimum absolute atomic E-state index is 0.0278. The van der Waals surface area contributed by atoms with Gasteiger partial charge in [-0.05, 0) is 18.1 Å². The largest absolute Gasteiger partial charge is 0.454 e. The SMILES string of the molecule is CC(C)CN1CCO[C@H](CNC(=O)Nc2ccc3c(c2)OCO3)C1. The summed E-state index contributed by atoms with van der Waals surface area (Å²) in [5, 5.41) is 5.67. The second kappa shape index (κ2) is 7.72. The average Bonchev–Trinajstić information content (AvgIpc) is 3.00. The molecule has 2 aliphatic heterocycles. The summed E-state index contributed by atoms with van der Waals surface area (Å²) in [6.45, 7) is 8.71. The number of urea groups is 1. The Morgan fingerprint density at radius 2 is 2.17 bits per heavy atom. The zero-order chi connectivity index (χ0) is 16.9. The molecule has 1 saturated heterocycles. The van der Waals surface area contributed by atoms with E-state index in [9.17, 15) is 4.79 Å². The van der Waals surface area contributed by atoms with Crippen molar-refractivity contribution in [2.24, 2.45) is 5.92 Å². The van der Waals surface area contributed by atoms with E-state index >= 15 is 0 Å². The Morgan fingerprint density at radius 3 is 3.00 bits per heavy atom. The van der Waals surface area contributed by atoms with Crippen LogP contribution in [0.3, 0.4) is 0 Å². The number of carbonyl (C=O) groups is 1. The van der Waals surface area contributed by atoms with Gasteiger partial charge in [-0.15, -0.1) is 0 Å². The molecule has 2 heterocycles. The van der Waals surface area contributed by atoms with Crippen molar-refractivity contribution < 1.29 is 19.0 Å². The van der Waals surface area contributed by atoms with Crippen LogP contribution in [-0.4, -0.2) is 56.6 Å². The third-order valence-electron chi connectivity index (χ3n) is 3.97. The fourth-order valence-electron chi connectivity index (χ4n) is 2.94. The fourth-order valence-corrected chi connectivity index (χ4v) is 2.94. The second-order valence-electron chi connectivity index (χ2n) is 6.55. The smallest absolute Gasteiger partial charge is 0.319 e. The number of benzene rings is 1. The molecule has 0 unspecified atom stereocenters. The molecule has 1 aromatic carbocycles. The molecule has 0 radical (unpaired) electrons. The second-order valence-corrected chi connectivity index (χ2v) is 6.55. The van der Waals surface area contributed by atoms with E-state index in [1.165, 1.54) is 0 Å². The van der Waals surface area contributed by atoms with Crippen LogP contribution in [0.1, 0.15) is 13.8 Å². The molecule has 2 N–H and O–H groups in total. The summed E-state index contributed by atoms with van der Waals surface area (Å²) in [5.74, 6) is 1.97. The highest BCUT2D eigenvalue weighted by Gasteiger charge is 2.21. The molecule has 0 bridgehead atoms. The van der Waals surface area contributed by atoms with Gasteiger partial charge in [-0.1, -0.05) is 13.8 Å². The van der Waals surface area contributed by atoms with Gasteiger partial charge in [0.25, 0.3) is 0 Å². The van der Waals surface area contributed by atoms with Gasteiger partial charge in [0.15, 0.2) is 11.5 Å². The van der Waals surface area contributed by atoms with Gasteiger partial charge < -0.3 is 24.8 Å². The molecular formula is C17H25N3O4. The molecule has 2 amide bonds. The van der Waals surface area contributed by atoms with Gasteiger partial charge in [-0.25, -0.2) is 4.79 Å². The Bertz CT molecular complexity index is 579. The average molecular weight is 335 g/mol. The molecule has 1 aromatic rings. The van der Waals surface area contributed by atoms with Gasteiger partial charge >= 0.3 is 6.03 Å². The zero-order valence-electron chi connectivity index (χ0n) is 14.2. The minimum Gasteiger partial charge on any atom is -0.454 e. The van der Waals surface area contributed by atoms with Crippen molar-refractivity contribution in [3.8, 4) is 11.5 Å². The van der Waals surface area contributed by atoms with Crippen molar-refractivity contribution in [1.29, 1.82) is 0 Å². The normalized spacial score (nSPS) is 20.2. The fraction of sp³-hybridized carbons (Fsp3) is 0.588. The third kappa shape index (κ3) is 4.52. The highest BCUT2D eigenvalue weighted by Crippen LogP contribution is 2.34. The predicted octanol–water partition coefficient (Wildman–Crippen LogP) is 1.89. The molecule has 2 aliphatic rings. The van der Waals surface area contributed by atoms with Crippen LogP contribution in [0.15, 0.2) is 18.2 Å². The first-order valence-electron chi connectivity index (χ1n) is 8.38. The van der Waals surface area contributed by atoms with E-state index in [1.807, 2.05) is 0 Å². The molecule has 0 saturated carbocycles. The molecule has 7 nitrogen and oxygen atoms in total. The number of nitrogens with zero attached hydrogens (tertiary/aromatic N) is 1. The summed E-state index contributed by atoms with van der Waals surface area (Å²) in [6.07, 6.45) is 0.0278. The molecule has 0 aromatic heterocycles. The topological polar surface area (TPSA) is 72.1 Å². The van der Waals surface area contributed by atoms with Crippen LogP contribution in [0.4, 0.5) is 10.5 Å². The number of hydrogen-bond donors (Lipinski definition) is 2. The van der Waals surface area contributed by atoms with Gasteiger partial charge in [-0.3, -0.25) is 4.90 Å². The van der Waals surface area contributed by atoms with E-state index < -0.39 is 0 Å². The lowest BCUT2D eigenvalue weighted by Gasteiger charge is -2.33. The number of carbonyl (C=O) groups excluding carboxylic acids is 1. The maximum atomic E-state index is 12.1. The standard InChI is InChI=1S/C17H25N3O4/c1-12(2)9-20-5-6-22-14(10-20)8-18-17(21)19-13-3-4-15-16(7-13)24-11-23-15/h3-4,7,12,14H,5-6,8-11H2,1-2H3,(H2,18,19,21)/t14-/m1/s1. The number of rotatable bonds is 5. The van der Waals surface area contributed by atoms with Crippen LogP contribution in [0.2, 0.25) is 0 Å². The summed E-state index contributed by atoms with van der Waals surface area (Å²) in [7, 11) is 0. The van der Waals surface area contributed by atoms with Crippen LogP contribution in [-0.2, 0) is 4.74 Å². The zero-order valence-corrected chi connectivity index (χ0v) is 14.2. The summed E-state index contributed by atoms with van der Waals surface area (Å²) < 4.78 is 16.3. The lowest BCUT2D eigenvalue weighted by molar-refractivity contribution is -0.0288. The maximum Gasteiger partial charge on any atom is 0.319 e. The first kappa shape index (κ1) is 16.9. The summed E-state index contributed by atoms with van der Waals surface area (Å²) in [5.41, 5.74) is 0.669. The molecule has 132 valence electrons. The highest BCUT2D eigenvalue weighted by molar-refractivity contribution is 5.89. The first-order valence-corrected chi connectivity index (χ1v) is 8.38. The number of morpholine rings is 1. The molecule has 1 fully saturated rings. The lowest BCUT2D eigenvalue weighted by atomic mass is 10.2. The Labute approximate surface area is 142 Å². The molecular weight excluding hydrogens is 310 g/mol. The Morgan fingerprint density at radius 1 is 1.33 bits per heavy atom. The molecule has 1 atom stereocenters. The summed E-state index contributed by atoms with van der Waals surface area (Å²) in [6, 6.07) is 5.07. The van der Waals surface area contributed by atoms with Crippen molar-refractivity contribution in [3.05, 3.63) is 18.2 Å². The number of nitrogens with one attached hydrogen (secondary N) is 2. The Balaban J connectivity index is 1.44. The molecule has 3 rings (SSSR count). The van der Waals surface area contributed by atoms with E-state index in [-0.39, 0.29) is 18.9 Å². The van der Waals surface area contributed by atoms with Crippen LogP contribution < -0.4 is 20.1 Å². The first-order chi connectivity index (χ1) is 11.6.